The molecule has 2 fully saturated rings. The summed E-state index contributed by atoms with van der Waals surface area (Å²) < 4.78 is 0. The number of fused-ring (bicyclic) bond motifs is 8. The second-order valence-corrected chi connectivity index (χ2v) is 16.6. The SMILES string of the molecule is C[C@@]1(CC(=O)O)/C2=C/C3NC(/C=c4\[nH]/c(c(CCC(=O)O)c4CC(=O)O)=C\c4[nH]c(c(CC(=O)O)c4CCC(=O)O)/C=C(\N2)[C@H]1CCC(=O)O)[C@@](C)(CC(=O)O)[C@@H]3CCC(=O)O. The minimum atomic E-state index is -1.38. The maximum atomic E-state index is 12.6. The first kappa shape index (κ1) is 46.4. The molecular weight excluding hydrogens is 816 g/mol. The van der Waals surface area contributed by atoms with E-state index in [0.29, 0.717) is 0 Å². The van der Waals surface area contributed by atoms with Gasteiger partial charge < -0.3 is 61.5 Å². The van der Waals surface area contributed by atoms with Gasteiger partial charge in [-0.15, -0.1) is 0 Å². The van der Waals surface area contributed by atoms with Crippen molar-refractivity contribution in [2.45, 2.75) is 103 Å². The monoisotopic (exact) mass is 866 g/mol. The average molecular weight is 867 g/mol. The van der Waals surface area contributed by atoms with Gasteiger partial charge in [-0.05, 0) is 78.2 Å². The van der Waals surface area contributed by atoms with Crippen LogP contribution in [0.1, 0.15) is 98.9 Å². The summed E-state index contributed by atoms with van der Waals surface area (Å²) in [4.78, 5) is 104. The van der Waals surface area contributed by atoms with Gasteiger partial charge in [-0.25, -0.2) is 0 Å². The Bertz CT molecular complexity index is 2390. The van der Waals surface area contributed by atoms with Crippen molar-refractivity contribution in [1.82, 2.24) is 20.6 Å². The molecule has 334 valence electrons. The van der Waals surface area contributed by atoms with E-state index in [2.05, 4.69) is 20.6 Å². The van der Waals surface area contributed by atoms with Gasteiger partial charge in [0.15, 0.2) is 0 Å². The lowest BCUT2D eigenvalue weighted by atomic mass is 9.67. The zero-order chi connectivity index (χ0) is 45.8. The summed E-state index contributed by atoms with van der Waals surface area (Å²) in [5.74, 6) is -11.5. The average Bonchev–Trinajstić information content (AvgIpc) is 3.77. The third-order valence-corrected chi connectivity index (χ3v) is 12.4. The predicted octanol–water partition coefficient (Wildman–Crippen LogP) is 1.35. The lowest BCUT2D eigenvalue weighted by molar-refractivity contribution is -0.141. The molecule has 2 unspecified atom stereocenters. The molecule has 2 aromatic heterocycles. The Morgan fingerprint density at radius 1 is 0.565 bits per heavy atom. The van der Waals surface area contributed by atoms with E-state index in [1.54, 1.807) is 26.0 Å². The fraction of sp³-hybridized carbons (Fsp3) is 0.476. The molecule has 0 saturated carbocycles. The number of allylic oxidation sites excluding steroid dienone is 2. The summed E-state index contributed by atoms with van der Waals surface area (Å²) in [6.07, 6.45) is 1.62. The molecule has 6 atom stereocenters. The summed E-state index contributed by atoms with van der Waals surface area (Å²) >= 11 is 0. The van der Waals surface area contributed by atoms with Gasteiger partial charge in [-0.1, -0.05) is 13.8 Å². The Labute approximate surface area is 352 Å². The van der Waals surface area contributed by atoms with Crippen LogP contribution in [-0.4, -0.2) is 111 Å². The molecule has 62 heavy (non-hydrogen) atoms. The molecule has 0 aromatic carbocycles. The quantitative estimate of drug-likeness (QED) is 0.0893. The van der Waals surface area contributed by atoms with Crippen LogP contribution >= 0.6 is 0 Å². The Hall–Kier alpha value is -6.70. The zero-order valence-electron chi connectivity index (χ0n) is 33.9. The summed E-state index contributed by atoms with van der Waals surface area (Å²) in [5, 5.41) is 86.9. The third-order valence-electron chi connectivity index (χ3n) is 12.4. The standard InChI is InChI=1S/C42H50N4O16/c1-41(17-39(59)60)23(5-9-35(51)52)29-14-27-21(11-37(55)56)19(3-7-33(47)48)25(43-27)13-26-20(4-8-34(49)50)22(12-38(57)58)28(44-26)15-31-42(2,18-40(61)62)24(6-10-36(53)54)30(46-31)16-32(41)45-29/h13-16,23-24,30-31,43-46H,3-12,17-18H2,1-2H3,(H,47,48)(H,49,50)(H,51,52)(H,53,54)(H,55,56)(H,57,58)(H,59,60)(H,61,62)/b26-13-,28-15-,29-14-,32-16-/t23-,24-,30?,31?,41+,42+/m1/s1. The summed E-state index contributed by atoms with van der Waals surface area (Å²) in [6, 6.07) is -1.82. The first-order chi connectivity index (χ1) is 29.0. The van der Waals surface area contributed by atoms with Crippen molar-refractivity contribution in [3.8, 4) is 0 Å². The molecule has 20 nitrogen and oxygen atoms in total. The Balaban J connectivity index is 1.99. The van der Waals surface area contributed by atoms with E-state index in [0.717, 1.165) is 0 Å². The first-order valence-corrected chi connectivity index (χ1v) is 19.9. The molecule has 12 N–H and O–H groups in total. The molecule has 5 heterocycles. The highest BCUT2D eigenvalue weighted by Gasteiger charge is 2.53. The van der Waals surface area contributed by atoms with Gasteiger partial charge >= 0.3 is 47.8 Å². The lowest BCUT2D eigenvalue weighted by Gasteiger charge is -2.35. The first-order valence-electron chi connectivity index (χ1n) is 19.9. The molecule has 3 aliphatic rings. The van der Waals surface area contributed by atoms with Crippen molar-refractivity contribution in [2.24, 2.45) is 22.7 Å². The van der Waals surface area contributed by atoms with Gasteiger partial charge in [0, 0.05) is 88.0 Å². The van der Waals surface area contributed by atoms with Crippen molar-refractivity contribution in [3.63, 3.8) is 0 Å². The number of H-pyrrole nitrogens is 2. The van der Waals surface area contributed by atoms with Crippen LogP contribution in [-0.2, 0) is 64.0 Å². The number of nitrogens with one attached hydrogen (secondary N) is 4. The van der Waals surface area contributed by atoms with E-state index in [1.807, 2.05) is 0 Å². The number of aliphatic carboxylic acids is 8. The van der Waals surface area contributed by atoms with E-state index in [9.17, 15) is 79.2 Å². The summed E-state index contributed by atoms with van der Waals surface area (Å²) in [6.45, 7) is 3.26. The summed E-state index contributed by atoms with van der Waals surface area (Å²) in [7, 11) is 0. The van der Waals surface area contributed by atoms with Crippen LogP contribution in [0.15, 0.2) is 17.5 Å². The Kier molecular flexibility index (Phi) is 13.8. The molecule has 2 saturated heterocycles. The van der Waals surface area contributed by atoms with Crippen LogP contribution in [0.25, 0.3) is 18.2 Å². The number of rotatable bonds is 20. The van der Waals surface area contributed by atoms with Crippen LogP contribution in [0.3, 0.4) is 0 Å². The number of carboxylic acids is 8. The smallest absolute Gasteiger partial charge is 0.307 e. The molecule has 8 bridgehead atoms. The maximum absolute atomic E-state index is 12.6. The van der Waals surface area contributed by atoms with Gasteiger partial charge in [0.25, 0.3) is 0 Å². The predicted molar refractivity (Wildman–Crippen MR) is 215 cm³/mol. The highest BCUT2D eigenvalue weighted by atomic mass is 16.4. The highest BCUT2D eigenvalue weighted by Crippen LogP contribution is 2.52. The van der Waals surface area contributed by atoms with E-state index in [4.69, 9.17) is 0 Å². The van der Waals surface area contributed by atoms with Crippen molar-refractivity contribution in [1.29, 1.82) is 0 Å². The third kappa shape index (κ3) is 10.2. The minimum Gasteiger partial charge on any atom is -0.481 e. The molecule has 3 aliphatic heterocycles. The van der Waals surface area contributed by atoms with E-state index < -0.39 is 134 Å². The fourth-order valence-corrected chi connectivity index (χ4v) is 9.61. The topological polar surface area (TPSA) is 354 Å². The number of aromatic nitrogens is 2. The van der Waals surface area contributed by atoms with Crippen LogP contribution in [0, 0.1) is 22.7 Å². The summed E-state index contributed by atoms with van der Waals surface area (Å²) in [5.41, 5.74) is -1.00. The van der Waals surface area contributed by atoms with Crippen LogP contribution in [0.4, 0.5) is 0 Å². The largest absolute Gasteiger partial charge is 0.481 e. The molecule has 2 aromatic rings. The van der Waals surface area contributed by atoms with Crippen molar-refractivity contribution >= 4 is 66.0 Å². The normalized spacial score (nSPS) is 26.6. The number of aromatic amines is 2. The Morgan fingerprint density at radius 3 is 1.68 bits per heavy atom. The molecule has 0 radical (unpaired) electrons. The van der Waals surface area contributed by atoms with Crippen LogP contribution in [0.2, 0.25) is 0 Å². The molecule has 0 spiro atoms. The number of hydrogen-bond acceptors (Lipinski definition) is 10. The number of hydrogen-bond donors (Lipinski definition) is 12. The van der Waals surface area contributed by atoms with Gasteiger partial charge in [-0.3, -0.25) is 38.4 Å². The molecule has 20 heteroatoms. The van der Waals surface area contributed by atoms with Gasteiger partial charge in [0.2, 0.25) is 0 Å². The van der Waals surface area contributed by atoms with Gasteiger partial charge in [0.05, 0.1) is 25.7 Å². The van der Waals surface area contributed by atoms with Gasteiger partial charge in [0.1, 0.15) is 0 Å². The molecule has 0 aliphatic carbocycles. The van der Waals surface area contributed by atoms with Crippen LogP contribution in [0.5, 0.6) is 0 Å². The van der Waals surface area contributed by atoms with E-state index in [-0.39, 0.29) is 81.4 Å². The molecular formula is C42H50N4O16. The minimum absolute atomic E-state index is 0.0656. The van der Waals surface area contributed by atoms with Crippen molar-refractivity contribution < 1.29 is 79.2 Å². The van der Waals surface area contributed by atoms with E-state index in [1.165, 1.54) is 12.2 Å². The highest BCUT2D eigenvalue weighted by molar-refractivity contribution is 5.78. The van der Waals surface area contributed by atoms with Crippen LogP contribution < -0.4 is 21.3 Å². The number of carboxylic acid groups (broad SMARTS) is 8. The van der Waals surface area contributed by atoms with Gasteiger partial charge in [-0.2, -0.15) is 0 Å². The molecule has 0 amide bonds. The van der Waals surface area contributed by atoms with Crippen molar-refractivity contribution in [2.75, 3.05) is 0 Å². The Morgan fingerprint density at radius 2 is 1.11 bits per heavy atom. The second kappa shape index (κ2) is 18.5. The fourth-order valence-electron chi connectivity index (χ4n) is 9.61. The second-order valence-electron chi connectivity index (χ2n) is 16.6. The lowest BCUT2D eigenvalue weighted by Crippen LogP contribution is -2.39. The van der Waals surface area contributed by atoms with E-state index >= 15 is 0 Å². The number of carbonyl (C=O) groups is 8. The zero-order valence-corrected chi connectivity index (χ0v) is 33.9. The van der Waals surface area contributed by atoms with Crippen molar-refractivity contribution in [3.05, 3.63) is 61.8 Å². The maximum Gasteiger partial charge on any atom is 0.307 e. The molecule has 5 rings (SSSR count).